The second-order valence-corrected chi connectivity index (χ2v) is 35.4. The Bertz CT molecular complexity index is 2270. The highest BCUT2D eigenvalue weighted by Gasteiger charge is 2.69. The molecule has 6 saturated heterocycles. The Morgan fingerprint density at radius 1 is 0.230 bits per heavy atom. The number of ether oxygens (including phenoxy) is 8. The zero-order valence-electron chi connectivity index (χ0n) is 64.4. The maximum atomic E-state index is 7.86. The number of nitrogens with one attached hydrogen (secondary N) is 9. The first-order valence-electron chi connectivity index (χ1n) is 44.1. The lowest BCUT2D eigenvalue weighted by Crippen LogP contribution is -2.68. The molecule has 8 aliphatic carbocycles. The van der Waals surface area contributed by atoms with Crippen LogP contribution in [-0.2, 0) is 37.9 Å². The largest absolute Gasteiger partial charge is 0.378 e. The number of rotatable bonds is 32. The zero-order chi connectivity index (χ0) is 68.6. The SMILES string of the molecule is CCCCOC1C2CC3CCCCC3CC2C(OCCCC)C2C3NC(NC4NC(NC5NC(NC6NC(N3)C3C(OCCCC)C7CCCCC7C(OCCCC)C63)C3C(OCCCC)C6NCCCC6C(OCCCC)C53)C3C(OCCCC)C5CCCCC5C(OCCCC)C43)C12. The first kappa shape index (κ1) is 76.1. The van der Waals surface area contributed by atoms with Gasteiger partial charge in [-0.1, -0.05) is 158 Å². The zero-order valence-corrected chi connectivity index (χ0v) is 64.4. The van der Waals surface area contributed by atoms with Crippen LogP contribution in [0, 0.1) is 101 Å². The molecule has 6 heterocycles. The van der Waals surface area contributed by atoms with Crippen LogP contribution >= 0.6 is 0 Å². The standard InChI is InChI=1S/C83H149N9O8/c1-9-17-40-93-68-52-34-27-28-35-53(52)69(94-41-18-10-2)60-59(68)76-85-78(60)89-82-65-66(75(100-47-24-16-8)67-56(38-31-39-84-67)72(65)97-44-21-13-5)83(92-82)91-79-62-61(70(95-42-19-11-3)54-36-29-30-37-55(54)71(62)96-43-20-12-4)77(86-79)88-81-64-63(80(87-76)90-81)73(98-45-22-14-6)57-48-50-32-25-26-33-51(50)49-58(57)74(64)99-46-23-15-7/h50-92H,9-49H2,1-8H3. The van der Waals surface area contributed by atoms with E-state index in [4.69, 9.17) is 64.5 Å². The molecule has 14 rings (SSSR count). The van der Waals surface area contributed by atoms with E-state index in [0.717, 1.165) is 187 Å². The van der Waals surface area contributed by atoms with Crippen LogP contribution in [0.5, 0.6) is 0 Å². The fourth-order valence-corrected chi connectivity index (χ4v) is 25.1. The Morgan fingerprint density at radius 3 is 0.700 bits per heavy atom. The van der Waals surface area contributed by atoms with Gasteiger partial charge in [-0.25, -0.2) is 0 Å². The van der Waals surface area contributed by atoms with Gasteiger partial charge in [-0.2, -0.15) is 0 Å². The molecule has 34 atom stereocenters. The van der Waals surface area contributed by atoms with Crippen LogP contribution in [0.1, 0.15) is 261 Å². The number of hydrogen-bond donors (Lipinski definition) is 9. The first-order valence-corrected chi connectivity index (χ1v) is 44.1. The van der Waals surface area contributed by atoms with Crippen molar-refractivity contribution in [2.45, 2.75) is 365 Å². The minimum absolute atomic E-state index is 0.0145. The average Bonchev–Trinajstić information content (AvgIpc) is 1.54. The lowest BCUT2D eigenvalue weighted by molar-refractivity contribution is -0.189. The van der Waals surface area contributed by atoms with Gasteiger partial charge in [-0.15, -0.1) is 0 Å². The van der Waals surface area contributed by atoms with E-state index < -0.39 is 0 Å². The van der Waals surface area contributed by atoms with Crippen molar-refractivity contribution in [2.24, 2.45) is 101 Å². The van der Waals surface area contributed by atoms with Gasteiger partial charge < -0.3 is 43.2 Å². The van der Waals surface area contributed by atoms with Crippen LogP contribution in [0.15, 0.2) is 0 Å². The van der Waals surface area contributed by atoms with E-state index in [2.05, 4.69) is 76.7 Å². The lowest BCUT2D eigenvalue weighted by atomic mass is 9.54. The molecule has 8 bridgehead atoms. The van der Waals surface area contributed by atoms with Crippen LogP contribution in [0.2, 0.25) is 0 Å². The second-order valence-electron chi connectivity index (χ2n) is 35.4. The molecule has 14 fully saturated rings. The van der Waals surface area contributed by atoms with Gasteiger partial charge in [0, 0.05) is 112 Å². The maximum Gasteiger partial charge on any atom is 0.0792 e. The lowest BCUT2D eigenvalue weighted by Gasteiger charge is -2.56. The normalized spacial score (nSPS) is 47.0. The van der Waals surface area contributed by atoms with Crippen LogP contribution in [0.3, 0.4) is 0 Å². The Morgan fingerprint density at radius 2 is 0.440 bits per heavy atom. The van der Waals surface area contributed by atoms with Gasteiger partial charge in [-0.3, -0.25) is 42.5 Å². The maximum absolute atomic E-state index is 7.86. The predicted molar refractivity (Wildman–Crippen MR) is 398 cm³/mol. The molecule has 0 aromatic heterocycles. The fraction of sp³-hybridized carbons (Fsp3) is 1.00. The summed E-state index contributed by atoms with van der Waals surface area (Å²) in [6.45, 7) is 26.1. The molecule has 17 heteroatoms. The Kier molecular flexibility index (Phi) is 27.9. The minimum atomic E-state index is -0.108. The third-order valence-corrected chi connectivity index (χ3v) is 29.6. The van der Waals surface area contributed by atoms with Gasteiger partial charge in [-0.05, 0) is 157 Å². The summed E-state index contributed by atoms with van der Waals surface area (Å²) in [6, 6.07) is 0.192. The van der Waals surface area contributed by atoms with Crippen molar-refractivity contribution in [1.29, 1.82) is 0 Å². The highest BCUT2D eigenvalue weighted by molar-refractivity contribution is 5.20. The summed E-state index contributed by atoms with van der Waals surface area (Å²) in [5.41, 5.74) is 0. The molecule has 34 unspecified atom stereocenters. The van der Waals surface area contributed by atoms with E-state index in [-0.39, 0.29) is 152 Å². The van der Waals surface area contributed by atoms with E-state index in [1.807, 2.05) is 0 Å². The Balaban J connectivity index is 0.960. The number of fused-ring (bicyclic) bond motifs is 25. The summed E-state index contributed by atoms with van der Waals surface area (Å²) in [5, 5.41) is 41.9. The fourth-order valence-electron chi connectivity index (χ4n) is 25.1. The second kappa shape index (κ2) is 36.7. The molecule has 0 spiro atoms. The van der Waals surface area contributed by atoms with Crippen LogP contribution in [0.4, 0.5) is 0 Å². The van der Waals surface area contributed by atoms with E-state index in [1.165, 1.54) is 89.9 Å². The minimum Gasteiger partial charge on any atom is -0.378 e. The molecule has 0 aromatic rings. The third kappa shape index (κ3) is 15.8. The number of unbranched alkanes of at least 4 members (excludes halogenated alkanes) is 8. The molecular formula is C83H149N9O8. The summed E-state index contributed by atoms with van der Waals surface area (Å²) in [6.07, 6.45) is 37.6. The molecule has 8 saturated carbocycles. The van der Waals surface area contributed by atoms with E-state index in [0.29, 0.717) is 41.4 Å². The molecule has 17 nitrogen and oxygen atoms in total. The summed E-state index contributed by atoms with van der Waals surface area (Å²) < 4.78 is 61.9. The van der Waals surface area contributed by atoms with E-state index in [1.54, 1.807) is 0 Å². The van der Waals surface area contributed by atoms with Gasteiger partial charge in [0.05, 0.1) is 98.2 Å². The molecule has 0 radical (unpaired) electrons. The van der Waals surface area contributed by atoms with E-state index in [9.17, 15) is 0 Å². The Hall–Kier alpha value is -0.680. The number of hydrogen-bond acceptors (Lipinski definition) is 17. The van der Waals surface area contributed by atoms with Crippen molar-refractivity contribution in [3.05, 3.63) is 0 Å². The summed E-state index contributed by atoms with van der Waals surface area (Å²) >= 11 is 0. The summed E-state index contributed by atoms with van der Waals surface area (Å²) in [5.74, 6) is 5.57. The monoisotopic (exact) mass is 1400 g/mol. The molecule has 9 N–H and O–H groups in total. The Labute approximate surface area is 607 Å². The van der Waals surface area contributed by atoms with Crippen molar-refractivity contribution < 1.29 is 37.9 Å². The topological polar surface area (TPSA) is 182 Å². The van der Waals surface area contributed by atoms with Gasteiger partial charge in [0.2, 0.25) is 0 Å². The van der Waals surface area contributed by atoms with Crippen molar-refractivity contribution in [3.8, 4) is 0 Å². The van der Waals surface area contributed by atoms with Crippen LogP contribution in [-0.4, -0.2) is 164 Å². The average molecular weight is 1400 g/mol. The van der Waals surface area contributed by atoms with Crippen molar-refractivity contribution in [1.82, 2.24) is 47.9 Å². The summed E-state index contributed by atoms with van der Waals surface area (Å²) in [4.78, 5) is 0. The van der Waals surface area contributed by atoms with Crippen molar-refractivity contribution >= 4 is 0 Å². The highest BCUT2D eigenvalue weighted by Crippen LogP contribution is 2.60. The molecule has 574 valence electrons. The molecule has 0 aromatic carbocycles. The van der Waals surface area contributed by atoms with Gasteiger partial charge in [0.1, 0.15) is 0 Å². The predicted octanol–water partition coefficient (Wildman–Crippen LogP) is 12.7. The van der Waals surface area contributed by atoms with Crippen LogP contribution < -0.4 is 47.9 Å². The quantitative estimate of drug-likeness (QED) is 0.0290. The van der Waals surface area contributed by atoms with Crippen LogP contribution in [0.25, 0.3) is 0 Å². The third-order valence-electron chi connectivity index (χ3n) is 29.6. The highest BCUT2D eigenvalue weighted by atomic mass is 16.5. The van der Waals surface area contributed by atoms with Gasteiger partial charge in [0.25, 0.3) is 0 Å². The molecular weight excluding hydrogens is 1250 g/mol. The molecule has 14 aliphatic rings. The smallest absolute Gasteiger partial charge is 0.0792 e. The summed E-state index contributed by atoms with van der Waals surface area (Å²) in [7, 11) is 0. The van der Waals surface area contributed by atoms with E-state index >= 15 is 0 Å². The first-order chi connectivity index (χ1) is 49.4. The van der Waals surface area contributed by atoms with Gasteiger partial charge in [0.15, 0.2) is 0 Å². The number of piperidine rings is 1. The molecule has 100 heavy (non-hydrogen) atoms. The molecule has 6 aliphatic heterocycles. The molecule has 0 amide bonds. The van der Waals surface area contributed by atoms with Crippen molar-refractivity contribution in [2.75, 3.05) is 59.4 Å². The van der Waals surface area contributed by atoms with Gasteiger partial charge >= 0.3 is 0 Å². The van der Waals surface area contributed by atoms with Crippen molar-refractivity contribution in [3.63, 3.8) is 0 Å².